The van der Waals surface area contributed by atoms with E-state index in [4.69, 9.17) is 5.84 Å². The zero-order valence-corrected chi connectivity index (χ0v) is 10.3. The lowest BCUT2D eigenvalue weighted by molar-refractivity contribution is 0.491. The molecule has 0 atom stereocenters. The van der Waals surface area contributed by atoms with Crippen LogP contribution in [0.1, 0.15) is 20.8 Å². The molecule has 0 aliphatic carbocycles. The van der Waals surface area contributed by atoms with Gasteiger partial charge in [-0.3, -0.25) is 0 Å². The largest absolute Gasteiger partial charge is 0.308 e. The van der Waals surface area contributed by atoms with Crippen molar-refractivity contribution in [2.45, 2.75) is 31.2 Å². The average molecular weight is 244 g/mol. The molecule has 16 heavy (non-hydrogen) atoms. The maximum absolute atomic E-state index is 11.9. The number of aromatic nitrogens is 1. The highest BCUT2D eigenvalue weighted by Crippen LogP contribution is 2.14. The summed E-state index contributed by atoms with van der Waals surface area (Å²) in [6, 6.07) is 2.78. The van der Waals surface area contributed by atoms with E-state index in [0.717, 1.165) is 0 Å². The Hall–Kier alpha value is -1.18. The summed E-state index contributed by atoms with van der Waals surface area (Å²) < 4.78 is 26.4. The molecule has 7 heteroatoms. The van der Waals surface area contributed by atoms with Crippen LogP contribution in [0.3, 0.4) is 0 Å². The molecule has 0 amide bonds. The molecule has 0 aliphatic rings. The number of pyridine rings is 1. The normalized spacial score (nSPS) is 12.5. The fourth-order valence-electron chi connectivity index (χ4n) is 1.12. The topological polar surface area (TPSA) is 97.1 Å². The van der Waals surface area contributed by atoms with Crippen molar-refractivity contribution in [1.82, 2.24) is 9.71 Å². The lowest BCUT2D eigenvalue weighted by Gasteiger charge is -2.20. The van der Waals surface area contributed by atoms with E-state index in [1.165, 1.54) is 18.3 Å². The molecule has 0 unspecified atom stereocenters. The van der Waals surface area contributed by atoms with E-state index in [0.29, 0.717) is 5.82 Å². The highest BCUT2D eigenvalue weighted by Gasteiger charge is 2.22. The van der Waals surface area contributed by atoms with Crippen molar-refractivity contribution in [3.8, 4) is 0 Å². The van der Waals surface area contributed by atoms with E-state index >= 15 is 0 Å². The third-order valence-electron chi connectivity index (χ3n) is 1.63. The Balaban J connectivity index is 3.08. The first-order chi connectivity index (χ1) is 7.24. The lowest BCUT2D eigenvalue weighted by atomic mass is 10.1. The van der Waals surface area contributed by atoms with Crippen LogP contribution >= 0.6 is 0 Å². The average Bonchev–Trinajstić information content (AvgIpc) is 2.14. The molecular formula is C9H16N4O2S. The molecule has 90 valence electrons. The van der Waals surface area contributed by atoms with Crippen LogP contribution in [0.15, 0.2) is 23.2 Å². The Bertz CT molecular complexity index is 465. The first-order valence-electron chi connectivity index (χ1n) is 4.71. The third kappa shape index (κ3) is 3.44. The van der Waals surface area contributed by atoms with Gasteiger partial charge in [-0.2, -0.15) is 0 Å². The molecule has 0 bridgehead atoms. The number of rotatable bonds is 3. The third-order valence-corrected chi connectivity index (χ3v) is 3.39. The number of hydrogen-bond donors (Lipinski definition) is 3. The van der Waals surface area contributed by atoms with Crippen molar-refractivity contribution in [1.29, 1.82) is 0 Å². The van der Waals surface area contributed by atoms with Crippen molar-refractivity contribution in [3.05, 3.63) is 18.3 Å². The van der Waals surface area contributed by atoms with E-state index in [9.17, 15) is 8.42 Å². The number of nitrogens with two attached hydrogens (primary N) is 1. The summed E-state index contributed by atoms with van der Waals surface area (Å²) in [4.78, 5) is 3.97. The minimum atomic E-state index is -3.54. The second kappa shape index (κ2) is 4.36. The van der Waals surface area contributed by atoms with E-state index in [1.54, 1.807) is 20.8 Å². The van der Waals surface area contributed by atoms with Crippen molar-refractivity contribution >= 4 is 15.8 Å². The standard InChI is InChI=1S/C9H16N4O2S/c1-9(2,3)13-16(14,15)7-4-5-11-8(6-7)12-10/h4-6,13H,10H2,1-3H3,(H,11,12). The predicted octanol–water partition coefficient (Wildman–Crippen LogP) is 0.444. The molecule has 0 aromatic carbocycles. The number of nitrogen functional groups attached to an aromatic ring is 1. The zero-order valence-electron chi connectivity index (χ0n) is 9.48. The summed E-state index contributed by atoms with van der Waals surface area (Å²) in [5, 5.41) is 0. The lowest BCUT2D eigenvalue weighted by Crippen LogP contribution is -2.40. The van der Waals surface area contributed by atoms with Crippen molar-refractivity contribution < 1.29 is 8.42 Å². The molecule has 1 heterocycles. The van der Waals surface area contributed by atoms with Gasteiger partial charge in [0.15, 0.2) is 0 Å². The number of nitrogens with one attached hydrogen (secondary N) is 2. The molecule has 0 saturated heterocycles. The zero-order chi connectivity index (χ0) is 12.4. The number of nitrogens with zero attached hydrogens (tertiary/aromatic N) is 1. The van der Waals surface area contributed by atoms with Gasteiger partial charge in [0.05, 0.1) is 4.90 Å². The van der Waals surface area contributed by atoms with Gasteiger partial charge < -0.3 is 5.43 Å². The number of anilines is 1. The van der Waals surface area contributed by atoms with Gasteiger partial charge in [0.2, 0.25) is 10.0 Å². The first-order valence-corrected chi connectivity index (χ1v) is 6.19. The first kappa shape index (κ1) is 12.9. The molecule has 1 aromatic rings. The van der Waals surface area contributed by atoms with Crippen LogP contribution in [0.2, 0.25) is 0 Å². The molecular weight excluding hydrogens is 228 g/mol. The fraction of sp³-hybridized carbons (Fsp3) is 0.444. The molecule has 1 rings (SSSR count). The van der Waals surface area contributed by atoms with E-state index < -0.39 is 15.6 Å². The fourth-order valence-corrected chi connectivity index (χ4v) is 2.55. The van der Waals surface area contributed by atoms with Crippen LogP contribution in [-0.2, 0) is 10.0 Å². The summed E-state index contributed by atoms with van der Waals surface area (Å²) in [6.45, 7) is 5.31. The number of hydrogen-bond acceptors (Lipinski definition) is 5. The number of hydrazine groups is 1. The second-order valence-electron chi connectivity index (χ2n) is 4.38. The van der Waals surface area contributed by atoms with Gasteiger partial charge in [0.25, 0.3) is 0 Å². The summed E-state index contributed by atoms with van der Waals surface area (Å²) in [7, 11) is -3.54. The van der Waals surface area contributed by atoms with Crippen LogP contribution in [0, 0.1) is 0 Å². The van der Waals surface area contributed by atoms with Gasteiger partial charge in [-0.1, -0.05) is 0 Å². The molecule has 0 aliphatic heterocycles. The highest BCUT2D eigenvalue weighted by molar-refractivity contribution is 7.89. The smallest absolute Gasteiger partial charge is 0.241 e. The van der Waals surface area contributed by atoms with Gasteiger partial charge in [0, 0.05) is 17.8 Å². The van der Waals surface area contributed by atoms with Gasteiger partial charge >= 0.3 is 0 Å². The monoisotopic (exact) mass is 244 g/mol. The summed E-state index contributed by atoms with van der Waals surface area (Å²) in [5.41, 5.74) is 1.77. The maximum Gasteiger partial charge on any atom is 0.241 e. The molecule has 0 saturated carbocycles. The van der Waals surface area contributed by atoms with Crippen molar-refractivity contribution in [2.24, 2.45) is 5.84 Å². The quantitative estimate of drug-likeness (QED) is 0.529. The summed E-state index contributed by atoms with van der Waals surface area (Å²) >= 11 is 0. The Morgan fingerprint density at radius 3 is 2.50 bits per heavy atom. The van der Waals surface area contributed by atoms with Gasteiger partial charge in [-0.05, 0) is 26.8 Å². The minimum absolute atomic E-state index is 0.130. The Morgan fingerprint density at radius 1 is 1.38 bits per heavy atom. The predicted molar refractivity (Wildman–Crippen MR) is 62.1 cm³/mol. The van der Waals surface area contributed by atoms with Crippen LogP contribution in [-0.4, -0.2) is 18.9 Å². The summed E-state index contributed by atoms with van der Waals surface area (Å²) in [5.74, 6) is 5.46. The van der Waals surface area contributed by atoms with Crippen LogP contribution in [0.25, 0.3) is 0 Å². The minimum Gasteiger partial charge on any atom is -0.308 e. The molecule has 0 fully saturated rings. The van der Waals surface area contributed by atoms with E-state index in [-0.39, 0.29) is 4.90 Å². The van der Waals surface area contributed by atoms with Crippen molar-refractivity contribution in [2.75, 3.05) is 5.43 Å². The Kier molecular flexibility index (Phi) is 3.51. The summed E-state index contributed by atoms with van der Waals surface area (Å²) in [6.07, 6.45) is 1.38. The van der Waals surface area contributed by atoms with Crippen LogP contribution in [0.4, 0.5) is 5.82 Å². The molecule has 1 aromatic heterocycles. The van der Waals surface area contributed by atoms with Gasteiger partial charge in [-0.15, -0.1) is 0 Å². The van der Waals surface area contributed by atoms with Gasteiger partial charge in [-0.25, -0.2) is 24.0 Å². The number of sulfonamides is 1. The van der Waals surface area contributed by atoms with Crippen LogP contribution < -0.4 is 16.0 Å². The Labute approximate surface area is 95.3 Å². The second-order valence-corrected chi connectivity index (χ2v) is 6.06. The maximum atomic E-state index is 11.9. The van der Waals surface area contributed by atoms with Crippen LogP contribution in [0.5, 0.6) is 0 Å². The molecule has 6 nitrogen and oxygen atoms in total. The highest BCUT2D eigenvalue weighted by atomic mass is 32.2. The van der Waals surface area contributed by atoms with Crippen molar-refractivity contribution in [3.63, 3.8) is 0 Å². The van der Waals surface area contributed by atoms with E-state index in [2.05, 4.69) is 15.1 Å². The molecule has 4 N–H and O–H groups in total. The Morgan fingerprint density at radius 2 is 2.00 bits per heavy atom. The van der Waals surface area contributed by atoms with E-state index in [1.807, 2.05) is 0 Å². The van der Waals surface area contributed by atoms with Gasteiger partial charge in [0.1, 0.15) is 5.82 Å². The SMILES string of the molecule is CC(C)(C)NS(=O)(=O)c1ccnc(NN)c1. The molecule has 0 spiro atoms. The molecule has 0 radical (unpaired) electrons.